The van der Waals surface area contributed by atoms with Gasteiger partial charge in [0.05, 0.1) is 12.7 Å². The Morgan fingerprint density at radius 2 is 1.90 bits per heavy atom. The van der Waals surface area contributed by atoms with Crippen molar-refractivity contribution in [2.45, 2.75) is 95.8 Å². The number of carbonyl (C=O) groups excluding carboxylic acids is 2. The van der Waals surface area contributed by atoms with E-state index < -0.39 is 0 Å². The molecule has 5 heteroatoms. The van der Waals surface area contributed by atoms with Crippen molar-refractivity contribution < 1.29 is 19.4 Å². The number of ether oxygens (including phenoxy) is 1. The Morgan fingerprint density at radius 3 is 2.65 bits per heavy atom. The Kier molecular flexibility index (Phi) is 12.3. The molecule has 1 aliphatic carbocycles. The normalized spacial score (nSPS) is 19.5. The largest absolute Gasteiger partial charge is 0.466 e. The van der Waals surface area contributed by atoms with Gasteiger partial charge in [-0.3, -0.25) is 9.59 Å². The Balaban J connectivity index is 1.58. The molecule has 174 valence electrons. The predicted octanol–water partition coefficient (Wildman–Crippen LogP) is 5.66. The van der Waals surface area contributed by atoms with E-state index >= 15 is 0 Å². The van der Waals surface area contributed by atoms with Crippen LogP contribution in [0.4, 0.5) is 0 Å². The fourth-order valence-corrected chi connectivity index (χ4v) is 5.70. The topological polar surface area (TPSA) is 63.6 Å². The van der Waals surface area contributed by atoms with E-state index in [1.807, 2.05) is 6.92 Å². The number of aliphatic hydroxyl groups excluding tert-OH is 1. The fraction of sp³-hybridized carbons (Fsp3) is 0.692. The number of thioether (sulfide) groups is 1. The molecule has 0 amide bonds. The van der Waals surface area contributed by atoms with Gasteiger partial charge in [0, 0.05) is 29.8 Å². The summed E-state index contributed by atoms with van der Waals surface area (Å²) < 4.78 is 4.95. The number of rotatable bonds is 15. The van der Waals surface area contributed by atoms with Crippen molar-refractivity contribution in [1.82, 2.24) is 0 Å². The number of aliphatic hydroxyl groups is 1. The maximum absolute atomic E-state index is 12.3. The summed E-state index contributed by atoms with van der Waals surface area (Å²) in [6.07, 6.45) is 9.56. The second-order valence-electron chi connectivity index (χ2n) is 8.77. The molecule has 0 saturated heterocycles. The highest BCUT2D eigenvalue weighted by Gasteiger charge is 2.34. The summed E-state index contributed by atoms with van der Waals surface area (Å²) in [5, 5.41) is 10.8. The zero-order valence-corrected chi connectivity index (χ0v) is 20.1. The van der Waals surface area contributed by atoms with Crippen LogP contribution in [0.1, 0.15) is 82.3 Å². The van der Waals surface area contributed by atoms with Crippen molar-refractivity contribution in [2.24, 2.45) is 5.92 Å². The number of ketones is 1. The Hall–Kier alpha value is -1.33. The van der Waals surface area contributed by atoms with E-state index in [0.717, 1.165) is 63.5 Å². The number of unbranched alkanes of at least 4 members (excludes halogenated alkanes) is 3. The van der Waals surface area contributed by atoms with Crippen LogP contribution >= 0.6 is 11.8 Å². The Morgan fingerprint density at radius 1 is 1.16 bits per heavy atom. The molecule has 0 radical (unpaired) electrons. The molecule has 1 fully saturated rings. The van der Waals surface area contributed by atoms with Gasteiger partial charge in [-0.2, -0.15) is 11.8 Å². The molecule has 1 aliphatic rings. The molecular weight excluding hydrogens is 408 g/mol. The van der Waals surface area contributed by atoms with Crippen molar-refractivity contribution in [2.75, 3.05) is 12.4 Å². The number of hydrogen-bond acceptors (Lipinski definition) is 5. The lowest BCUT2D eigenvalue weighted by Crippen LogP contribution is -2.20. The van der Waals surface area contributed by atoms with Gasteiger partial charge in [0.15, 0.2) is 0 Å². The van der Waals surface area contributed by atoms with Gasteiger partial charge in [-0.1, -0.05) is 49.1 Å². The Bertz CT molecular complexity index is 658. The molecule has 4 nitrogen and oxygen atoms in total. The predicted molar refractivity (Wildman–Crippen MR) is 128 cm³/mol. The molecule has 1 aromatic rings. The van der Waals surface area contributed by atoms with E-state index in [-0.39, 0.29) is 18.0 Å². The third-order valence-electron chi connectivity index (χ3n) is 6.12. The molecule has 0 bridgehead atoms. The van der Waals surface area contributed by atoms with E-state index in [1.54, 1.807) is 11.8 Å². The van der Waals surface area contributed by atoms with Gasteiger partial charge < -0.3 is 9.84 Å². The molecule has 0 aliphatic heterocycles. The second-order valence-corrected chi connectivity index (χ2v) is 10.0. The van der Waals surface area contributed by atoms with E-state index in [1.165, 1.54) is 11.1 Å². The lowest BCUT2D eigenvalue weighted by Gasteiger charge is -2.20. The summed E-state index contributed by atoms with van der Waals surface area (Å²) in [5.41, 5.74) is 2.60. The van der Waals surface area contributed by atoms with Gasteiger partial charge in [0.2, 0.25) is 0 Å². The second kappa shape index (κ2) is 14.7. The SMILES string of the molecule is CCOC(=O)CCCCCCC1C(=O)CCC1SCC(O)CCCc1ccc(C)cc1. The first-order valence-electron chi connectivity index (χ1n) is 12.0. The number of hydrogen-bond donors (Lipinski definition) is 1. The molecule has 0 spiro atoms. The van der Waals surface area contributed by atoms with Crippen LogP contribution in [0.5, 0.6) is 0 Å². The number of benzene rings is 1. The van der Waals surface area contributed by atoms with Crippen molar-refractivity contribution >= 4 is 23.5 Å². The molecule has 1 N–H and O–H groups in total. The van der Waals surface area contributed by atoms with Crippen LogP contribution in [-0.4, -0.2) is 40.6 Å². The minimum absolute atomic E-state index is 0.109. The van der Waals surface area contributed by atoms with Crippen molar-refractivity contribution in [1.29, 1.82) is 0 Å². The zero-order valence-electron chi connectivity index (χ0n) is 19.3. The van der Waals surface area contributed by atoms with Gasteiger partial charge in [-0.15, -0.1) is 0 Å². The van der Waals surface area contributed by atoms with Crippen molar-refractivity contribution in [3.8, 4) is 0 Å². The third kappa shape index (κ3) is 10.2. The lowest BCUT2D eigenvalue weighted by atomic mass is 9.98. The Labute approximate surface area is 192 Å². The van der Waals surface area contributed by atoms with E-state index in [2.05, 4.69) is 31.2 Å². The monoisotopic (exact) mass is 448 g/mol. The number of Topliss-reactive ketones (excluding diaryl/α,β-unsaturated/α-hetero) is 1. The standard InChI is InChI=1S/C26H40O4S/c1-3-30-26(29)12-7-5-4-6-11-23-24(28)17-18-25(23)31-19-22(27)10-8-9-21-15-13-20(2)14-16-21/h13-16,22-23,25,27H,3-12,17-19H2,1-2H3. The molecule has 31 heavy (non-hydrogen) atoms. The van der Waals surface area contributed by atoms with E-state index in [4.69, 9.17) is 4.74 Å². The summed E-state index contributed by atoms with van der Waals surface area (Å²) in [4.78, 5) is 23.7. The fourth-order valence-electron chi connectivity index (χ4n) is 4.26. The highest BCUT2D eigenvalue weighted by molar-refractivity contribution is 8.00. The minimum Gasteiger partial charge on any atom is -0.466 e. The maximum Gasteiger partial charge on any atom is 0.305 e. The summed E-state index contributed by atoms with van der Waals surface area (Å²) in [6.45, 7) is 4.37. The smallest absolute Gasteiger partial charge is 0.305 e. The summed E-state index contributed by atoms with van der Waals surface area (Å²) in [7, 11) is 0. The average Bonchev–Trinajstić information content (AvgIpc) is 3.10. The van der Waals surface area contributed by atoms with E-state index in [0.29, 0.717) is 30.5 Å². The van der Waals surface area contributed by atoms with Crippen LogP contribution in [-0.2, 0) is 20.7 Å². The molecule has 1 saturated carbocycles. The average molecular weight is 449 g/mol. The molecule has 2 rings (SSSR count). The minimum atomic E-state index is -0.297. The summed E-state index contributed by atoms with van der Waals surface area (Å²) in [6, 6.07) is 8.61. The first-order chi connectivity index (χ1) is 15.0. The van der Waals surface area contributed by atoms with Crippen LogP contribution in [0.2, 0.25) is 0 Å². The molecule has 3 atom stereocenters. The quantitative estimate of drug-likeness (QED) is 0.277. The number of esters is 1. The third-order valence-corrected chi connectivity index (χ3v) is 7.68. The van der Waals surface area contributed by atoms with Crippen LogP contribution in [0.15, 0.2) is 24.3 Å². The van der Waals surface area contributed by atoms with Crippen LogP contribution in [0, 0.1) is 12.8 Å². The van der Waals surface area contributed by atoms with Crippen molar-refractivity contribution in [3.05, 3.63) is 35.4 Å². The lowest BCUT2D eigenvalue weighted by molar-refractivity contribution is -0.143. The van der Waals surface area contributed by atoms with Gasteiger partial charge in [-0.25, -0.2) is 0 Å². The summed E-state index contributed by atoms with van der Waals surface area (Å²) in [5.74, 6) is 1.16. The van der Waals surface area contributed by atoms with Gasteiger partial charge >= 0.3 is 5.97 Å². The highest BCUT2D eigenvalue weighted by atomic mass is 32.2. The first kappa shape index (κ1) is 25.9. The van der Waals surface area contributed by atoms with Gasteiger partial charge in [0.25, 0.3) is 0 Å². The number of carbonyl (C=O) groups is 2. The first-order valence-corrected chi connectivity index (χ1v) is 13.1. The molecular formula is C26H40O4S. The molecule has 0 heterocycles. The van der Waals surface area contributed by atoms with Gasteiger partial charge in [-0.05, 0) is 57.9 Å². The maximum atomic E-state index is 12.3. The van der Waals surface area contributed by atoms with Crippen LogP contribution < -0.4 is 0 Å². The van der Waals surface area contributed by atoms with Crippen LogP contribution in [0.3, 0.4) is 0 Å². The van der Waals surface area contributed by atoms with Gasteiger partial charge in [0.1, 0.15) is 5.78 Å². The van der Waals surface area contributed by atoms with Crippen molar-refractivity contribution in [3.63, 3.8) is 0 Å². The molecule has 3 unspecified atom stereocenters. The molecule has 1 aromatic carbocycles. The summed E-state index contributed by atoms with van der Waals surface area (Å²) >= 11 is 1.80. The van der Waals surface area contributed by atoms with E-state index in [9.17, 15) is 14.7 Å². The highest BCUT2D eigenvalue weighted by Crippen LogP contribution is 2.36. The number of aryl methyl sites for hydroxylation is 2. The molecule has 0 aromatic heterocycles. The van der Waals surface area contributed by atoms with Crippen LogP contribution in [0.25, 0.3) is 0 Å². The zero-order chi connectivity index (χ0) is 22.5.